The number of benzene rings is 2. The minimum Gasteiger partial charge on any atom is -0.322 e. The third-order valence-corrected chi connectivity index (χ3v) is 3.73. The first-order valence-electron chi connectivity index (χ1n) is 5.93. The van der Waals surface area contributed by atoms with Crippen LogP contribution in [0.15, 0.2) is 45.8 Å². The lowest BCUT2D eigenvalue weighted by Gasteiger charge is -2.08. The predicted molar refractivity (Wildman–Crippen MR) is 87.2 cm³/mol. The smallest absolute Gasteiger partial charge is 0.274 e. The molecular formula is C14H11BrN2O3S. The summed E-state index contributed by atoms with van der Waals surface area (Å²) in [5, 5.41) is 13.5. The largest absolute Gasteiger partial charge is 0.322 e. The van der Waals surface area contributed by atoms with E-state index in [2.05, 4.69) is 33.9 Å². The van der Waals surface area contributed by atoms with Gasteiger partial charge in [0.1, 0.15) is 0 Å². The van der Waals surface area contributed by atoms with E-state index in [0.29, 0.717) is 21.7 Å². The molecule has 0 aromatic heterocycles. The van der Waals surface area contributed by atoms with Gasteiger partial charge in [0.2, 0.25) is 0 Å². The van der Waals surface area contributed by atoms with Crippen LogP contribution in [0, 0.1) is 17.0 Å². The van der Waals surface area contributed by atoms with E-state index >= 15 is 0 Å². The van der Waals surface area contributed by atoms with Crippen molar-refractivity contribution in [2.75, 3.05) is 5.32 Å². The molecule has 0 spiro atoms. The average molecular weight is 367 g/mol. The third kappa shape index (κ3) is 3.62. The molecule has 0 heterocycles. The Balaban J connectivity index is 2.27. The molecule has 0 fully saturated rings. The SMILES string of the molecule is Cc1ccc(NC(=O)c2ccc(Br)cc2S)cc1[N+](=O)[O-]. The van der Waals surface area contributed by atoms with Gasteiger partial charge in [-0.3, -0.25) is 14.9 Å². The zero-order valence-electron chi connectivity index (χ0n) is 11.0. The van der Waals surface area contributed by atoms with E-state index in [4.69, 9.17) is 0 Å². The van der Waals surface area contributed by atoms with E-state index in [1.54, 1.807) is 37.3 Å². The first-order valence-corrected chi connectivity index (χ1v) is 7.17. The van der Waals surface area contributed by atoms with Crippen LogP contribution in [0.5, 0.6) is 0 Å². The molecule has 0 aliphatic carbocycles. The second kappa shape index (κ2) is 6.28. The van der Waals surface area contributed by atoms with Crippen LogP contribution in [-0.2, 0) is 0 Å². The molecule has 1 N–H and O–H groups in total. The minimum absolute atomic E-state index is 0.0327. The van der Waals surface area contributed by atoms with Gasteiger partial charge in [0, 0.05) is 26.7 Å². The summed E-state index contributed by atoms with van der Waals surface area (Å²) >= 11 is 7.53. The van der Waals surface area contributed by atoms with Crippen molar-refractivity contribution in [1.29, 1.82) is 0 Å². The van der Waals surface area contributed by atoms with Gasteiger partial charge in [-0.1, -0.05) is 22.0 Å². The quantitative estimate of drug-likeness (QED) is 0.485. The van der Waals surface area contributed by atoms with Crippen LogP contribution in [0.3, 0.4) is 0 Å². The first kappa shape index (κ1) is 15.5. The normalized spacial score (nSPS) is 10.2. The van der Waals surface area contributed by atoms with E-state index in [0.717, 1.165) is 4.47 Å². The summed E-state index contributed by atoms with van der Waals surface area (Å²) in [5.74, 6) is -0.370. The number of aryl methyl sites for hydroxylation is 1. The maximum absolute atomic E-state index is 12.2. The number of rotatable bonds is 3. The van der Waals surface area contributed by atoms with Crippen molar-refractivity contribution in [2.24, 2.45) is 0 Å². The summed E-state index contributed by atoms with van der Waals surface area (Å²) < 4.78 is 0.815. The summed E-state index contributed by atoms with van der Waals surface area (Å²) in [6.45, 7) is 1.64. The van der Waals surface area contributed by atoms with Crippen LogP contribution in [0.2, 0.25) is 0 Å². The maximum atomic E-state index is 12.2. The number of nitro groups is 1. The Labute approximate surface area is 135 Å². The van der Waals surface area contributed by atoms with E-state index < -0.39 is 4.92 Å². The van der Waals surface area contributed by atoms with E-state index in [9.17, 15) is 14.9 Å². The number of anilines is 1. The molecule has 7 heteroatoms. The molecule has 2 aromatic carbocycles. The minimum atomic E-state index is -0.478. The molecule has 0 radical (unpaired) electrons. The number of hydrogen-bond donors (Lipinski definition) is 2. The molecule has 0 bridgehead atoms. The van der Waals surface area contributed by atoms with Crippen molar-refractivity contribution in [3.05, 3.63) is 62.1 Å². The number of hydrogen-bond acceptors (Lipinski definition) is 4. The van der Waals surface area contributed by atoms with E-state index in [1.807, 2.05) is 0 Å². The highest BCUT2D eigenvalue weighted by Gasteiger charge is 2.14. The summed E-state index contributed by atoms with van der Waals surface area (Å²) in [4.78, 5) is 23.1. The molecule has 0 aliphatic rings. The van der Waals surface area contributed by atoms with E-state index in [-0.39, 0.29) is 11.6 Å². The fourth-order valence-corrected chi connectivity index (χ4v) is 2.63. The van der Waals surface area contributed by atoms with Gasteiger partial charge in [0.05, 0.1) is 10.5 Å². The summed E-state index contributed by atoms with van der Waals surface area (Å²) in [7, 11) is 0. The molecule has 108 valence electrons. The second-order valence-electron chi connectivity index (χ2n) is 4.37. The fraction of sp³-hybridized carbons (Fsp3) is 0.0714. The first-order chi connectivity index (χ1) is 9.88. The number of halogens is 1. The van der Waals surface area contributed by atoms with Gasteiger partial charge < -0.3 is 5.32 Å². The third-order valence-electron chi connectivity index (χ3n) is 2.87. The van der Waals surface area contributed by atoms with Crippen molar-refractivity contribution in [3.8, 4) is 0 Å². The molecule has 0 atom stereocenters. The van der Waals surface area contributed by atoms with E-state index in [1.165, 1.54) is 6.07 Å². The number of amides is 1. The summed E-state index contributed by atoms with van der Waals surface area (Å²) in [6.07, 6.45) is 0. The Bertz CT molecular complexity index is 734. The lowest BCUT2D eigenvalue weighted by atomic mass is 10.1. The zero-order valence-corrected chi connectivity index (χ0v) is 13.4. The number of thiol groups is 1. The van der Waals surface area contributed by atoms with Crippen molar-refractivity contribution >= 4 is 45.8 Å². The molecule has 0 saturated carbocycles. The zero-order chi connectivity index (χ0) is 15.6. The van der Waals surface area contributed by atoms with Gasteiger partial charge >= 0.3 is 0 Å². The van der Waals surface area contributed by atoms with Gasteiger partial charge in [-0.2, -0.15) is 0 Å². The van der Waals surface area contributed by atoms with Crippen molar-refractivity contribution in [3.63, 3.8) is 0 Å². The molecule has 0 saturated heterocycles. The lowest BCUT2D eigenvalue weighted by molar-refractivity contribution is -0.385. The molecule has 21 heavy (non-hydrogen) atoms. The monoisotopic (exact) mass is 366 g/mol. The van der Waals surface area contributed by atoms with Crippen molar-refractivity contribution in [1.82, 2.24) is 0 Å². The number of carbonyl (C=O) groups excluding carboxylic acids is 1. The Hall–Kier alpha value is -1.86. The predicted octanol–water partition coefficient (Wildman–Crippen LogP) is 4.21. The van der Waals surface area contributed by atoms with Crippen LogP contribution in [0.25, 0.3) is 0 Å². The fourth-order valence-electron chi connectivity index (χ4n) is 1.78. The molecule has 0 unspecified atom stereocenters. The van der Waals surface area contributed by atoms with Gasteiger partial charge in [-0.15, -0.1) is 12.6 Å². The number of nitro benzene ring substituents is 1. The second-order valence-corrected chi connectivity index (χ2v) is 5.77. The molecule has 2 aromatic rings. The molecular weight excluding hydrogens is 356 g/mol. The molecule has 2 rings (SSSR count). The van der Waals surface area contributed by atoms with Crippen LogP contribution < -0.4 is 5.32 Å². The van der Waals surface area contributed by atoms with Crippen LogP contribution in [-0.4, -0.2) is 10.8 Å². The Morgan fingerprint density at radius 2 is 2.00 bits per heavy atom. The average Bonchev–Trinajstić information content (AvgIpc) is 2.40. The molecule has 5 nitrogen and oxygen atoms in total. The number of nitrogens with zero attached hydrogens (tertiary/aromatic N) is 1. The lowest BCUT2D eigenvalue weighted by Crippen LogP contribution is -2.13. The number of carbonyl (C=O) groups is 1. The Morgan fingerprint density at radius 1 is 1.29 bits per heavy atom. The Morgan fingerprint density at radius 3 is 2.62 bits per heavy atom. The van der Waals surface area contributed by atoms with Crippen LogP contribution >= 0.6 is 28.6 Å². The van der Waals surface area contributed by atoms with Crippen LogP contribution in [0.4, 0.5) is 11.4 Å². The Kier molecular flexibility index (Phi) is 4.64. The van der Waals surface area contributed by atoms with Crippen LogP contribution in [0.1, 0.15) is 15.9 Å². The van der Waals surface area contributed by atoms with Gasteiger partial charge in [-0.25, -0.2) is 0 Å². The highest BCUT2D eigenvalue weighted by molar-refractivity contribution is 9.10. The van der Waals surface area contributed by atoms with Gasteiger partial charge in [0.15, 0.2) is 0 Å². The van der Waals surface area contributed by atoms with Crippen molar-refractivity contribution < 1.29 is 9.72 Å². The van der Waals surface area contributed by atoms with Crippen molar-refractivity contribution in [2.45, 2.75) is 11.8 Å². The highest BCUT2D eigenvalue weighted by Crippen LogP contribution is 2.24. The molecule has 0 aliphatic heterocycles. The topological polar surface area (TPSA) is 72.2 Å². The van der Waals surface area contributed by atoms with Gasteiger partial charge in [-0.05, 0) is 31.2 Å². The van der Waals surface area contributed by atoms with Gasteiger partial charge in [0.25, 0.3) is 11.6 Å². The maximum Gasteiger partial charge on any atom is 0.274 e. The summed E-state index contributed by atoms with van der Waals surface area (Å²) in [5.41, 5.74) is 1.27. The standard InChI is InChI=1S/C14H11BrN2O3S/c1-8-2-4-10(7-12(8)17(19)20)16-14(18)11-5-3-9(15)6-13(11)21/h2-7,21H,1H3,(H,16,18). The summed E-state index contributed by atoms with van der Waals surface area (Å²) in [6, 6.07) is 9.62. The highest BCUT2D eigenvalue weighted by atomic mass is 79.9. The number of nitrogens with one attached hydrogen (secondary N) is 1. The molecule has 1 amide bonds.